The number of nitrogens with zero attached hydrogens (tertiary/aromatic N) is 1. The largest absolute Gasteiger partial charge is 0.274 e. The normalized spacial score (nSPS) is 13.8. The molecule has 0 spiro atoms. The Morgan fingerprint density at radius 3 is 2.30 bits per heavy atom. The molecule has 0 aliphatic heterocycles. The van der Waals surface area contributed by atoms with E-state index < -0.39 is 15.9 Å². The molecular weight excluding hydrogens is 386 g/mol. The van der Waals surface area contributed by atoms with Gasteiger partial charge in [-0.25, -0.2) is 18.2 Å². The summed E-state index contributed by atoms with van der Waals surface area (Å²) >= 11 is 0. The van der Waals surface area contributed by atoms with E-state index in [0.29, 0.717) is 16.6 Å². The standard InChI is InChI=1S/C16H23BNO3S.Y/c1-7-10(2)13(5)16(19)18(6)22(20,21)15-11(3)8-14(17)9-12(15)4;/h8,10,13H,7H2,1-6H3;/q-1;. The minimum absolute atomic E-state index is 0. The third-order valence-electron chi connectivity index (χ3n) is 4.22. The van der Waals surface area contributed by atoms with Crippen molar-refractivity contribution in [2.75, 3.05) is 7.05 Å². The van der Waals surface area contributed by atoms with Crippen LogP contribution in [0.2, 0.25) is 0 Å². The summed E-state index contributed by atoms with van der Waals surface area (Å²) in [6.07, 6.45) is 0.814. The summed E-state index contributed by atoms with van der Waals surface area (Å²) in [7, 11) is 3.09. The molecule has 0 aromatic heterocycles. The van der Waals surface area contributed by atoms with Gasteiger partial charge in [-0.2, -0.15) is 12.1 Å². The van der Waals surface area contributed by atoms with Crippen LogP contribution in [-0.4, -0.2) is 33.5 Å². The van der Waals surface area contributed by atoms with Crippen molar-refractivity contribution in [3.8, 4) is 0 Å². The Hall–Kier alpha value is -0.191. The molecule has 0 saturated carbocycles. The van der Waals surface area contributed by atoms with Gasteiger partial charge in [0.2, 0.25) is 15.9 Å². The van der Waals surface area contributed by atoms with E-state index in [1.807, 2.05) is 13.8 Å². The summed E-state index contributed by atoms with van der Waals surface area (Å²) in [5, 5.41) is 0. The van der Waals surface area contributed by atoms with Crippen molar-refractivity contribution >= 4 is 29.2 Å². The third kappa shape index (κ3) is 4.90. The zero-order valence-corrected chi connectivity index (χ0v) is 18.3. The van der Waals surface area contributed by atoms with Crippen LogP contribution >= 0.6 is 0 Å². The second-order valence-electron chi connectivity index (χ2n) is 5.85. The topological polar surface area (TPSA) is 54.5 Å². The van der Waals surface area contributed by atoms with Crippen molar-refractivity contribution in [1.29, 1.82) is 0 Å². The Balaban J connectivity index is 0.00000484. The Kier molecular flexibility index (Phi) is 8.70. The van der Waals surface area contributed by atoms with Crippen molar-refractivity contribution in [1.82, 2.24) is 4.31 Å². The van der Waals surface area contributed by atoms with E-state index in [1.54, 1.807) is 26.8 Å². The first kappa shape index (κ1) is 22.8. The predicted molar refractivity (Wildman–Crippen MR) is 88.7 cm³/mol. The van der Waals surface area contributed by atoms with Crippen LogP contribution in [0.1, 0.15) is 38.3 Å². The molecule has 1 aromatic carbocycles. The van der Waals surface area contributed by atoms with E-state index in [4.69, 9.17) is 7.85 Å². The second kappa shape index (κ2) is 8.77. The molecule has 2 unspecified atom stereocenters. The molecule has 23 heavy (non-hydrogen) atoms. The summed E-state index contributed by atoms with van der Waals surface area (Å²) in [5.41, 5.74) is 1.33. The maximum atomic E-state index is 12.8. The number of amides is 1. The molecule has 1 rings (SSSR count). The van der Waals surface area contributed by atoms with Gasteiger partial charge < -0.3 is 0 Å². The zero-order valence-electron chi connectivity index (χ0n) is 14.7. The first-order chi connectivity index (χ1) is 10.0. The van der Waals surface area contributed by atoms with Gasteiger partial charge in [0.15, 0.2) is 0 Å². The van der Waals surface area contributed by atoms with Gasteiger partial charge in [-0.3, -0.25) is 4.79 Å². The Bertz CT molecular complexity index is 653. The van der Waals surface area contributed by atoms with Gasteiger partial charge in [-0.1, -0.05) is 41.0 Å². The van der Waals surface area contributed by atoms with Gasteiger partial charge in [0.05, 0.1) is 7.85 Å². The number of benzene rings is 1. The van der Waals surface area contributed by atoms with Crippen LogP contribution in [0.3, 0.4) is 0 Å². The van der Waals surface area contributed by atoms with E-state index >= 15 is 0 Å². The molecule has 2 atom stereocenters. The first-order valence-corrected chi connectivity index (χ1v) is 8.79. The smallest absolute Gasteiger partial charge is 0.238 e. The molecule has 0 heterocycles. The minimum Gasteiger partial charge on any atom is -0.274 e. The average molecular weight is 409 g/mol. The number of hydrogen-bond donors (Lipinski definition) is 0. The predicted octanol–water partition coefficient (Wildman–Crippen LogP) is 1.72. The summed E-state index contributed by atoms with van der Waals surface area (Å²) in [6.45, 7) is 8.98. The fraction of sp³-hybridized carbons (Fsp3) is 0.562. The third-order valence-corrected chi connectivity index (χ3v) is 6.26. The summed E-state index contributed by atoms with van der Waals surface area (Å²) in [5.74, 6) is -0.640. The van der Waals surface area contributed by atoms with Gasteiger partial charge in [-0.15, -0.1) is 11.1 Å². The van der Waals surface area contributed by atoms with E-state index in [1.165, 1.54) is 7.05 Å². The molecule has 0 fully saturated rings. The summed E-state index contributed by atoms with van der Waals surface area (Å²) in [6, 6.07) is 4.36. The van der Waals surface area contributed by atoms with Gasteiger partial charge >= 0.3 is 0 Å². The number of aryl methyl sites for hydroxylation is 2. The van der Waals surface area contributed by atoms with Gasteiger partial charge in [0, 0.05) is 45.7 Å². The number of rotatable bonds is 5. The molecule has 7 heteroatoms. The number of hydrogen-bond acceptors (Lipinski definition) is 3. The molecule has 4 nitrogen and oxygen atoms in total. The van der Waals surface area contributed by atoms with E-state index in [-0.39, 0.29) is 49.4 Å². The second-order valence-corrected chi connectivity index (χ2v) is 7.75. The molecular formula is C16H23BNO3SY-. The van der Waals surface area contributed by atoms with Crippen LogP contribution in [-0.2, 0) is 47.5 Å². The molecule has 0 aliphatic carbocycles. The molecule has 1 aromatic rings. The molecule has 0 saturated heterocycles. The molecule has 0 N–H and O–H groups in total. The summed E-state index contributed by atoms with van der Waals surface area (Å²) < 4.78 is 26.4. The first-order valence-electron chi connectivity index (χ1n) is 7.35. The fourth-order valence-corrected chi connectivity index (χ4v) is 4.02. The van der Waals surface area contributed by atoms with Crippen molar-refractivity contribution < 1.29 is 45.9 Å². The van der Waals surface area contributed by atoms with E-state index in [2.05, 4.69) is 6.07 Å². The van der Waals surface area contributed by atoms with Gasteiger partial charge in [0.25, 0.3) is 0 Å². The minimum atomic E-state index is -3.91. The van der Waals surface area contributed by atoms with Crippen molar-refractivity contribution in [3.63, 3.8) is 0 Å². The van der Waals surface area contributed by atoms with Crippen LogP contribution in [0.25, 0.3) is 0 Å². The van der Waals surface area contributed by atoms with Gasteiger partial charge in [-0.05, 0) is 10.8 Å². The molecule has 0 bridgehead atoms. The van der Waals surface area contributed by atoms with Crippen LogP contribution in [0.5, 0.6) is 0 Å². The van der Waals surface area contributed by atoms with Crippen LogP contribution in [0.4, 0.5) is 0 Å². The molecule has 3 radical (unpaired) electrons. The van der Waals surface area contributed by atoms with Gasteiger partial charge in [0.1, 0.15) is 0 Å². The molecule has 123 valence electrons. The Labute approximate surface area is 166 Å². The quantitative estimate of drug-likeness (QED) is 0.550. The Morgan fingerprint density at radius 1 is 1.35 bits per heavy atom. The van der Waals surface area contributed by atoms with Crippen molar-refractivity contribution in [2.24, 2.45) is 11.8 Å². The Morgan fingerprint density at radius 2 is 1.87 bits per heavy atom. The molecule has 1 amide bonds. The van der Waals surface area contributed by atoms with Crippen molar-refractivity contribution in [3.05, 3.63) is 23.3 Å². The van der Waals surface area contributed by atoms with Crippen LogP contribution in [0.15, 0.2) is 11.0 Å². The zero-order chi connectivity index (χ0) is 17.2. The summed E-state index contributed by atoms with van der Waals surface area (Å²) in [4.78, 5) is 12.6. The monoisotopic (exact) mass is 409 g/mol. The maximum Gasteiger partial charge on any atom is 0.238 e. The van der Waals surface area contributed by atoms with Crippen molar-refractivity contribution in [2.45, 2.75) is 45.9 Å². The maximum absolute atomic E-state index is 12.8. The average Bonchev–Trinajstić information content (AvgIpc) is 2.42. The van der Waals surface area contributed by atoms with E-state index in [9.17, 15) is 13.2 Å². The number of carbonyl (C=O) groups is 1. The number of carbonyl (C=O) groups excluding carboxylic acids is 1. The number of sulfonamides is 1. The SMILES string of the molecule is [B]c1[c-]c(C)c(S(=O)(=O)N(C)C(=O)C(C)C(C)CC)c(C)c1.[Y]. The van der Waals surface area contributed by atoms with E-state index in [0.717, 1.165) is 10.7 Å². The van der Waals surface area contributed by atoms with Crippen LogP contribution < -0.4 is 5.46 Å². The molecule has 0 aliphatic rings. The fourth-order valence-electron chi connectivity index (χ4n) is 2.44. The van der Waals surface area contributed by atoms with Crippen LogP contribution in [0, 0.1) is 31.7 Å².